The highest BCUT2D eigenvalue weighted by Gasteiger charge is 2.16. The Kier molecular flexibility index (Phi) is 6.43. The minimum atomic E-state index is -0.910. The van der Waals surface area contributed by atoms with Crippen LogP contribution in [0.2, 0.25) is 0 Å². The molecule has 1 aromatic heterocycles. The van der Waals surface area contributed by atoms with Gasteiger partial charge in [0.2, 0.25) is 0 Å². The van der Waals surface area contributed by atoms with Crippen molar-refractivity contribution >= 4 is 50.7 Å². The van der Waals surface area contributed by atoms with E-state index < -0.39 is 35.1 Å². The van der Waals surface area contributed by atoms with E-state index in [4.69, 9.17) is 0 Å². The molecule has 0 saturated heterocycles. The number of carbonyl (C=O) groups is 3. The summed E-state index contributed by atoms with van der Waals surface area (Å²) in [5, 5.41) is 12.4. The van der Waals surface area contributed by atoms with Crippen LogP contribution in [0.1, 0.15) is 30.4 Å². The van der Waals surface area contributed by atoms with Gasteiger partial charge in [0.1, 0.15) is 17.4 Å². The van der Waals surface area contributed by atoms with Gasteiger partial charge in [0.15, 0.2) is 0 Å². The predicted octanol–water partition coefficient (Wildman–Crippen LogP) is 3.82. The SMILES string of the molecule is O=C(Nc1ccc(C(=O)NNC(=O)c2ccc(Br)s2)c(O)c1)c1cc(F)cc(F)c1. The Bertz CT molecular complexity index is 1130. The Hall–Kier alpha value is -3.31. The van der Waals surface area contributed by atoms with Gasteiger partial charge in [0.25, 0.3) is 17.7 Å². The van der Waals surface area contributed by atoms with Gasteiger partial charge in [-0.05, 0) is 52.3 Å². The number of aromatic hydroxyl groups is 1. The average Bonchev–Trinajstić information content (AvgIpc) is 3.11. The molecule has 0 aliphatic heterocycles. The minimum Gasteiger partial charge on any atom is -0.507 e. The first kappa shape index (κ1) is 21.4. The molecule has 1 heterocycles. The molecule has 154 valence electrons. The summed E-state index contributed by atoms with van der Waals surface area (Å²) >= 11 is 4.39. The van der Waals surface area contributed by atoms with Gasteiger partial charge in [-0.15, -0.1) is 11.3 Å². The third-order valence-electron chi connectivity index (χ3n) is 3.71. The molecule has 0 spiro atoms. The molecule has 3 aromatic rings. The number of amides is 3. The molecule has 3 amide bonds. The number of rotatable bonds is 4. The highest BCUT2D eigenvalue weighted by molar-refractivity contribution is 9.11. The van der Waals surface area contributed by atoms with E-state index in [1.165, 1.54) is 23.5 Å². The maximum atomic E-state index is 13.2. The van der Waals surface area contributed by atoms with Crippen molar-refractivity contribution in [1.29, 1.82) is 0 Å². The van der Waals surface area contributed by atoms with Crippen molar-refractivity contribution in [3.63, 3.8) is 0 Å². The summed E-state index contributed by atoms with van der Waals surface area (Å²) in [6, 6.07) is 9.19. The molecule has 0 radical (unpaired) electrons. The molecular formula is C19H12BrF2N3O4S. The Balaban J connectivity index is 1.64. The molecule has 0 aliphatic rings. The highest BCUT2D eigenvalue weighted by atomic mass is 79.9. The van der Waals surface area contributed by atoms with Gasteiger partial charge in [0.05, 0.1) is 14.2 Å². The van der Waals surface area contributed by atoms with Crippen LogP contribution in [-0.4, -0.2) is 22.8 Å². The van der Waals surface area contributed by atoms with Crippen LogP contribution in [0.4, 0.5) is 14.5 Å². The van der Waals surface area contributed by atoms with Gasteiger partial charge < -0.3 is 10.4 Å². The summed E-state index contributed by atoms with van der Waals surface area (Å²) < 4.78 is 27.2. The van der Waals surface area contributed by atoms with Crippen molar-refractivity contribution in [3.8, 4) is 5.75 Å². The number of phenolic OH excluding ortho intramolecular Hbond substituents is 1. The van der Waals surface area contributed by atoms with Crippen LogP contribution in [0.25, 0.3) is 0 Å². The van der Waals surface area contributed by atoms with Crippen molar-refractivity contribution in [2.75, 3.05) is 5.32 Å². The maximum absolute atomic E-state index is 13.2. The van der Waals surface area contributed by atoms with Crippen LogP contribution in [0.15, 0.2) is 52.3 Å². The summed E-state index contributed by atoms with van der Waals surface area (Å²) in [5.74, 6) is -4.44. The van der Waals surface area contributed by atoms with Crippen LogP contribution in [-0.2, 0) is 0 Å². The van der Waals surface area contributed by atoms with E-state index in [0.29, 0.717) is 10.9 Å². The largest absolute Gasteiger partial charge is 0.507 e. The van der Waals surface area contributed by atoms with Gasteiger partial charge in [0, 0.05) is 23.4 Å². The number of hydrogen-bond donors (Lipinski definition) is 4. The van der Waals surface area contributed by atoms with E-state index in [1.807, 2.05) is 0 Å². The Morgan fingerprint density at radius 3 is 2.13 bits per heavy atom. The van der Waals surface area contributed by atoms with Crippen molar-refractivity contribution < 1.29 is 28.3 Å². The molecule has 0 saturated carbocycles. The van der Waals surface area contributed by atoms with Gasteiger partial charge >= 0.3 is 0 Å². The van der Waals surface area contributed by atoms with E-state index >= 15 is 0 Å². The molecule has 0 aliphatic carbocycles. The zero-order valence-electron chi connectivity index (χ0n) is 14.8. The molecule has 30 heavy (non-hydrogen) atoms. The first-order chi connectivity index (χ1) is 14.2. The minimum absolute atomic E-state index is 0.0891. The smallest absolute Gasteiger partial charge is 0.279 e. The number of thiophene rings is 1. The molecule has 3 rings (SSSR count). The van der Waals surface area contributed by atoms with Gasteiger partial charge in [-0.2, -0.15) is 0 Å². The summed E-state index contributed by atoms with van der Waals surface area (Å²) in [7, 11) is 0. The van der Waals surface area contributed by atoms with Crippen LogP contribution >= 0.6 is 27.3 Å². The molecule has 0 atom stereocenters. The first-order valence-corrected chi connectivity index (χ1v) is 9.80. The predicted molar refractivity (Wildman–Crippen MR) is 109 cm³/mol. The third kappa shape index (κ3) is 5.19. The maximum Gasteiger partial charge on any atom is 0.279 e. The number of hydrazine groups is 1. The second-order valence-electron chi connectivity index (χ2n) is 5.86. The van der Waals surface area contributed by atoms with Crippen molar-refractivity contribution in [2.24, 2.45) is 0 Å². The van der Waals surface area contributed by atoms with E-state index in [1.54, 1.807) is 12.1 Å². The second kappa shape index (κ2) is 9.01. The average molecular weight is 496 g/mol. The zero-order valence-corrected chi connectivity index (χ0v) is 17.2. The second-order valence-corrected chi connectivity index (χ2v) is 8.32. The number of carbonyl (C=O) groups excluding carboxylic acids is 3. The lowest BCUT2D eigenvalue weighted by molar-refractivity contribution is 0.0847. The lowest BCUT2D eigenvalue weighted by Gasteiger charge is -2.10. The number of phenols is 1. The van der Waals surface area contributed by atoms with Crippen molar-refractivity contribution in [1.82, 2.24) is 10.9 Å². The molecule has 7 nitrogen and oxygen atoms in total. The topological polar surface area (TPSA) is 108 Å². The van der Waals surface area contributed by atoms with Gasteiger partial charge in [-0.1, -0.05) is 0 Å². The Morgan fingerprint density at radius 2 is 1.53 bits per heavy atom. The van der Waals surface area contributed by atoms with E-state index in [0.717, 1.165) is 22.0 Å². The summed E-state index contributed by atoms with van der Waals surface area (Å²) in [6.07, 6.45) is 0. The molecular weight excluding hydrogens is 484 g/mol. The van der Waals surface area contributed by atoms with Crippen molar-refractivity contribution in [2.45, 2.75) is 0 Å². The summed E-state index contributed by atoms with van der Waals surface area (Å²) in [4.78, 5) is 36.6. The number of nitrogens with one attached hydrogen (secondary N) is 3. The Morgan fingerprint density at radius 1 is 0.867 bits per heavy atom. The van der Waals surface area contributed by atoms with Gasteiger partial charge in [-0.3, -0.25) is 25.2 Å². The van der Waals surface area contributed by atoms with Crippen LogP contribution in [0, 0.1) is 11.6 Å². The molecule has 11 heteroatoms. The molecule has 0 unspecified atom stereocenters. The lowest BCUT2D eigenvalue weighted by Crippen LogP contribution is -2.41. The van der Waals surface area contributed by atoms with Crippen LogP contribution < -0.4 is 16.2 Å². The quantitative estimate of drug-likeness (QED) is 0.412. The van der Waals surface area contributed by atoms with E-state index in [2.05, 4.69) is 32.1 Å². The third-order valence-corrected chi connectivity index (χ3v) is 5.33. The highest BCUT2D eigenvalue weighted by Crippen LogP contribution is 2.23. The fraction of sp³-hybridized carbons (Fsp3) is 0. The first-order valence-electron chi connectivity index (χ1n) is 8.19. The number of anilines is 1. The van der Waals surface area contributed by atoms with E-state index in [9.17, 15) is 28.3 Å². The molecule has 0 bridgehead atoms. The van der Waals surface area contributed by atoms with E-state index in [-0.39, 0.29) is 16.8 Å². The fourth-order valence-corrected chi connectivity index (χ4v) is 3.65. The molecule has 0 fully saturated rings. The Labute approximate surface area is 180 Å². The fourth-order valence-electron chi connectivity index (χ4n) is 2.37. The standard InChI is InChI=1S/C19H12BrF2N3O4S/c20-16-4-3-15(30-16)19(29)25-24-18(28)13-2-1-12(8-14(13)26)23-17(27)9-5-10(21)7-11(22)6-9/h1-8,26H,(H,23,27)(H,24,28)(H,25,29). The zero-order chi connectivity index (χ0) is 21.8. The summed E-state index contributed by atoms with van der Waals surface area (Å²) in [5.41, 5.74) is 4.05. The molecule has 2 aromatic carbocycles. The van der Waals surface area contributed by atoms with Gasteiger partial charge in [-0.25, -0.2) is 8.78 Å². The number of hydrogen-bond acceptors (Lipinski definition) is 5. The number of benzene rings is 2. The van der Waals surface area contributed by atoms with Crippen molar-refractivity contribution in [3.05, 3.63) is 80.0 Å². The summed E-state index contributed by atoms with van der Waals surface area (Å²) in [6.45, 7) is 0. The molecule has 4 N–H and O–H groups in total. The number of halogens is 3. The van der Waals surface area contributed by atoms with Crippen LogP contribution in [0.5, 0.6) is 5.75 Å². The lowest BCUT2D eigenvalue weighted by atomic mass is 10.1. The normalized spacial score (nSPS) is 10.4. The van der Waals surface area contributed by atoms with Crippen LogP contribution in [0.3, 0.4) is 0 Å². The monoisotopic (exact) mass is 495 g/mol.